The molecule has 3 aromatic rings. The van der Waals surface area contributed by atoms with E-state index >= 15 is 0 Å². The van der Waals surface area contributed by atoms with Gasteiger partial charge in [0, 0.05) is 44.4 Å². The van der Waals surface area contributed by atoms with Crippen molar-refractivity contribution in [1.82, 2.24) is 24.6 Å². The van der Waals surface area contributed by atoms with Crippen LogP contribution in [0.1, 0.15) is 22.1 Å². The molecular weight excluding hydrogens is 366 g/mol. The van der Waals surface area contributed by atoms with Crippen LogP contribution >= 0.6 is 11.6 Å². The van der Waals surface area contributed by atoms with Crippen molar-refractivity contribution in [3.63, 3.8) is 0 Å². The molecule has 1 N–H and O–H groups in total. The summed E-state index contributed by atoms with van der Waals surface area (Å²) >= 11 is 5.99. The van der Waals surface area contributed by atoms with Crippen molar-refractivity contribution in [3.05, 3.63) is 65.3 Å². The molecular formula is C19H20ClN5O2. The predicted molar refractivity (Wildman–Crippen MR) is 102 cm³/mol. The molecule has 7 nitrogen and oxygen atoms in total. The monoisotopic (exact) mass is 385 g/mol. The number of morpholine rings is 1. The van der Waals surface area contributed by atoms with Crippen LogP contribution in [-0.2, 0) is 4.74 Å². The lowest BCUT2D eigenvalue weighted by Gasteiger charge is -2.34. The summed E-state index contributed by atoms with van der Waals surface area (Å²) < 4.78 is 7.20. The van der Waals surface area contributed by atoms with Crippen LogP contribution in [0.15, 0.2) is 49.1 Å². The van der Waals surface area contributed by atoms with E-state index in [9.17, 15) is 4.79 Å². The standard InChI is InChI=1S/C19H20ClN5O2/c20-15-3-4-18-23-16(13-25(18)12-15)19(26)22-11-17(14-2-1-5-21-10-14)24-6-8-27-9-7-24/h1-5,10,12-13,17H,6-9,11H2,(H,22,26)/t17-/m1/s1. The number of fused-ring (bicyclic) bond motifs is 1. The van der Waals surface area contributed by atoms with E-state index in [2.05, 4.69) is 20.2 Å². The maximum atomic E-state index is 12.6. The molecule has 1 atom stereocenters. The number of rotatable bonds is 5. The van der Waals surface area contributed by atoms with Gasteiger partial charge in [-0.25, -0.2) is 4.98 Å². The van der Waals surface area contributed by atoms with Crippen molar-refractivity contribution >= 4 is 23.2 Å². The number of aromatic nitrogens is 3. The molecule has 8 heteroatoms. The quantitative estimate of drug-likeness (QED) is 0.729. The Balaban J connectivity index is 1.49. The highest BCUT2D eigenvalue weighted by molar-refractivity contribution is 6.30. The van der Waals surface area contributed by atoms with E-state index in [1.807, 2.05) is 18.3 Å². The van der Waals surface area contributed by atoms with Crippen molar-refractivity contribution in [2.24, 2.45) is 0 Å². The van der Waals surface area contributed by atoms with Gasteiger partial charge in [0.2, 0.25) is 0 Å². The Morgan fingerprint density at radius 2 is 2.11 bits per heavy atom. The smallest absolute Gasteiger partial charge is 0.271 e. The third-order valence-electron chi connectivity index (χ3n) is 4.66. The number of amides is 1. The van der Waals surface area contributed by atoms with Crippen LogP contribution in [0.5, 0.6) is 0 Å². The molecule has 0 spiro atoms. The first-order valence-electron chi connectivity index (χ1n) is 8.85. The van der Waals surface area contributed by atoms with Gasteiger partial charge in [-0.05, 0) is 23.8 Å². The molecule has 4 rings (SSSR count). The van der Waals surface area contributed by atoms with Gasteiger partial charge in [0.15, 0.2) is 0 Å². The van der Waals surface area contributed by atoms with Crippen molar-refractivity contribution in [3.8, 4) is 0 Å². The third kappa shape index (κ3) is 4.10. The van der Waals surface area contributed by atoms with Crippen LogP contribution in [0.2, 0.25) is 5.02 Å². The minimum atomic E-state index is -0.211. The predicted octanol–water partition coefficient (Wildman–Crippen LogP) is 2.19. The fourth-order valence-electron chi connectivity index (χ4n) is 3.27. The molecule has 4 heterocycles. The van der Waals surface area contributed by atoms with Gasteiger partial charge in [-0.2, -0.15) is 0 Å². The van der Waals surface area contributed by atoms with E-state index in [1.54, 1.807) is 35.1 Å². The first-order valence-corrected chi connectivity index (χ1v) is 9.23. The maximum absolute atomic E-state index is 12.6. The summed E-state index contributed by atoms with van der Waals surface area (Å²) in [6.07, 6.45) is 7.01. The normalized spacial score (nSPS) is 16.3. The summed E-state index contributed by atoms with van der Waals surface area (Å²) in [5.74, 6) is -0.211. The Labute approximate surface area is 161 Å². The van der Waals surface area contributed by atoms with Gasteiger partial charge in [0.25, 0.3) is 5.91 Å². The molecule has 0 unspecified atom stereocenters. The van der Waals surface area contributed by atoms with Gasteiger partial charge in [0.05, 0.1) is 24.3 Å². The van der Waals surface area contributed by atoms with Gasteiger partial charge in [-0.15, -0.1) is 0 Å². The molecule has 0 aliphatic carbocycles. The zero-order chi connectivity index (χ0) is 18.6. The number of halogens is 1. The van der Waals surface area contributed by atoms with E-state index in [0.717, 1.165) is 18.7 Å². The van der Waals surface area contributed by atoms with Crippen LogP contribution < -0.4 is 5.32 Å². The molecule has 27 heavy (non-hydrogen) atoms. The highest BCUT2D eigenvalue weighted by atomic mass is 35.5. The molecule has 1 fully saturated rings. The summed E-state index contributed by atoms with van der Waals surface area (Å²) in [5, 5.41) is 3.61. The van der Waals surface area contributed by atoms with Crippen LogP contribution in [0.25, 0.3) is 5.65 Å². The van der Waals surface area contributed by atoms with Gasteiger partial charge >= 0.3 is 0 Å². The van der Waals surface area contributed by atoms with E-state index < -0.39 is 0 Å². The highest BCUT2D eigenvalue weighted by Gasteiger charge is 2.24. The van der Waals surface area contributed by atoms with Crippen LogP contribution in [0.4, 0.5) is 0 Å². The number of imidazole rings is 1. The summed E-state index contributed by atoms with van der Waals surface area (Å²) in [6.45, 7) is 3.50. The lowest BCUT2D eigenvalue weighted by Crippen LogP contribution is -2.43. The molecule has 0 radical (unpaired) electrons. The first kappa shape index (κ1) is 17.9. The summed E-state index contributed by atoms with van der Waals surface area (Å²) in [4.78, 5) is 23.5. The number of pyridine rings is 2. The average molecular weight is 386 g/mol. The van der Waals surface area contributed by atoms with Crippen LogP contribution in [0.3, 0.4) is 0 Å². The molecule has 1 amide bonds. The Hall–Kier alpha value is -2.48. The number of hydrogen-bond donors (Lipinski definition) is 1. The molecule has 1 aliphatic rings. The zero-order valence-corrected chi connectivity index (χ0v) is 15.5. The topological polar surface area (TPSA) is 71.8 Å². The number of carbonyl (C=O) groups is 1. The lowest BCUT2D eigenvalue weighted by molar-refractivity contribution is 0.0161. The number of carbonyl (C=O) groups excluding carboxylic acids is 1. The fraction of sp³-hybridized carbons (Fsp3) is 0.316. The Bertz CT molecular complexity index is 924. The molecule has 1 saturated heterocycles. The summed E-state index contributed by atoms with van der Waals surface area (Å²) in [7, 11) is 0. The van der Waals surface area contributed by atoms with Crippen molar-refractivity contribution in [2.75, 3.05) is 32.8 Å². The molecule has 0 saturated carbocycles. The molecule has 140 valence electrons. The highest BCUT2D eigenvalue weighted by Crippen LogP contribution is 2.20. The Morgan fingerprint density at radius 3 is 2.89 bits per heavy atom. The second-order valence-corrected chi connectivity index (χ2v) is 6.84. The zero-order valence-electron chi connectivity index (χ0n) is 14.7. The van der Waals surface area contributed by atoms with Crippen molar-refractivity contribution in [2.45, 2.75) is 6.04 Å². The van der Waals surface area contributed by atoms with E-state index in [0.29, 0.717) is 36.1 Å². The van der Waals surface area contributed by atoms with E-state index in [1.165, 1.54) is 0 Å². The van der Waals surface area contributed by atoms with E-state index in [-0.39, 0.29) is 11.9 Å². The number of nitrogens with one attached hydrogen (secondary N) is 1. The van der Waals surface area contributed by atoms with E-state index in [4.69, 9.17) is 16.3 Å². The summed E-state index contributed by atoms with van der Waals surface area (Å²) in [5.41, 5.74) is 2.12. The third-order valence-corrected chi connectivity index (χ3v) is 4.88. The minimum Gasteiger partial charge on any atom is -0.379 e. The molecule has 3 aromatic heterocycles. The van der Waals surface area contributed by atoms with Gasteiger partial charge in [-0.1, -0.05) is 17.7 Å². The summed E-state index contributed by atoms with van der Waals surface area (Å²) in [6, 6.07) is 7.52. The Kier molecular flexibility index (Phi) is 5.33. The van der Waals surface area contributed by atoms with Gasteiger partial charge < -0.3 is 14.5 Å². The van der Waals surface area contributed by atoms with Crippen LogP contribution in [-0.4, -0.2) is 58.0 Å². The van der Waals surface area contributed by atoms with Crippen molar-refractivity contribution < 1.29 is 9.53 Å². The fourth-order valence-corrected chi connectivity index (χ4v) is 3.44. The van der Waals surface area contributed by atoms with Crippen molar-refractivity contribution in [1.29, 1.82) is 0 Å². The number of hydrogen-bond acceptors (Lipinski definition) is 5. The SMILES string of the molecule is O=C(NC[C@H](c1cccnc1)N1CCOCC1)c1cn2cc(Cl)ccc2n1. The second kappa shape index (κ2) is 8.04. The largest absolute Gasteiger partial charge is 0.379 e. The molecule has 1 aliphatic heterocycles. The number of ether oxygens (including phenoxy) is 1. The molecule has 0 aromatic carbocycles. The first-order chi connectivity index (χ1) is 13.2. The van der Waals surface area contributed by atoms with Gasteiger partial charge in [-0.3, -0.25) is 14.7 Å². The Morgan fingerprint density at radius 1 is 1.26 bits per heavy atom. The maximum Gasteiger partial charge on any atom is 0.271 e. The van der Waals surface area contributed by atoms with Gasteiger partial charge in [0.1, 0.15) is 11.3 Å². The second-order valence-electron chi connectivity index (χ2n) is 6.40. The lowest BCUT2D eigenvalue weighted by atomic mass is 10.1. The number of nitrogens with zero attached hydrogens (tertiary/aromatic N) is 4. The molecule has 0 bridgehead atoms. The minimum absolute atomic E-state index is 0.0398. The average Bonchev–Trinajstić information content (AvgIpc) is 3.13. The van der Waals surface area contributed by atoms with Crippen LogP contribution in [0, 0.1) is 0 Å².